The summed E-state index contributed by atoms with van der Waals surface area (Å²) in [4.78, 5) is 14.7. The van der Waals surface area contributed by atoms with Gasteiger partial charge in [-0.2, -0.15) is 4.39 Å². The quantitative estimate of drug-likeness (QED) is 0.332. The van der Waals surface area contributed by atoms with Crippen LogP contribution in [0.1, 0.15) is 39.0 Å². The molecule has 6 nitrogen and oxygen atoms in total. The Bertz CT molecular complexity index is 804. The molecule has 9 heteroatoms. The number of likely N-dealkylation sites (tertiary alicyclic amines) is 1. The van der Waals surface area contributed by atoms with Crippen molar-refractivity contribution in [1.82, 2.24) is 9.88 Å². The molecule has 28 heavy (non-hydrogen) atoms. The van der Waals surface area contributed by atoms with Gasteiger partial charge in [0, 0.05) is 30.2 Å². The molecule has 4 N–H and O–H groups in total. The highest BCUT2D eigenvalue weighted by Crippen LogP contribution is 2.45. The van der Waals surface area contributed by atoms with E-state index < -0.39 is 5.95 Å². The fourth-order valence-electron chi connectivity index (χ4n) is 4.11. The van der Waals surface area contributed by atoms with Crippen LogP contribution in [-0.2, 0) is 0 Å². The Kier molecular flexibility index (Phi) is 6.62. The van der Waals surface area contributed by atoms with Crippen LogP contribution in [0.3, 0.4) is 0 Å². The van der Waals surface area contributed by atoms with Gasteiger partial charge in [0.25, 0.3) is 0 Å². The summed E-state index contributed by atoms with van der Waals surface area (Å²) in [5.41, 5.74) is 12.8. The minimum absolute atomic E-state index is 0.0728. The molecule has 2 heterocycles. The molecule has 1 spiro atoms. The fourth-order valence-corrected chi connectivity index (χ4v) is 5.06. The van der Waals surface area contributed by atoms with Crippen molar-refractivity contribution >= 4 is 35.9 Å². The number of nitrogens with zero attached hydrogens (tertiary/aromatic N) is 4. The summed E-state index contributed by atoms with van der Waals surface area (Å²) in [5, 5.41) is 0.300. The Morgan fingerprint density at radius 1 is 1.43 bits per heavy atom. The third-order valence-electron chi connectivity index (χ3n) is 5.86. The first kappa shape index (κ1) is 21.1. The zero-order chi connectivity index (χ0) is 20.3. The standard InChI is InChI=1S/C19H26ClFN6S/c1-12(27-10-7-19(8-11-27)6-3-4-14(19)22)26-17(23)18(24-2)28-13-5-9-25-16(21)15(13)20/h5,9,14H,2-4,6-8,10-11,22-23H2,1H3/b18-17+,26-12+/t14-/m1/s1. The minimum Gasteiger partial charge on any atom is -0.381 e. The van der Waals surface area contributed by atoms with Gasteiger partial charge >= 0.3 is 0 Å². The lowest BCUT2D eigenvalue weighted by Crippen LogP contribution is -2.48. The van der Waals surface area contributed by atoms with Gasteiger partial charge in [-0.15, -0.1) is 0 Å². The monoisotopic (exact) mass is 424 g/mol. The third-order valence-corrected chi connectivity index (χ3v) is 7.42. The maximum absolute atomic E-state index is 13.5. The molecule has 1 aliphatic heterocycles. The summed E-state index contributed by atoms with van der Waals surface area (Å²) in [7, 11) is 0. The maximum Gasteiger partial charge on any atom is 0.232 e. The highest BCUT2D eigenvalue weighted by molar-refractivity contribution is 8.03. The van der Waals surface area contributed by atoms with E-state index in [0.29, 0.717) is 21.4 Å². The Balaban J connectivity index is 1.71. The molecule has 3 rings (SSSR count). The molecule has 2 fully saturated rings. The molecule has 1 saturated heterocycles. The van der Waals surface area contributed by atoms with Crippen LogP contribution in [0.25, 0.3) is 0 Å². The lowest BCUT2D eigenvalue weighted by Gasteiger charge is -2.42. The van der Waals surface area contributed by atoms with E-state index in [-0.39, 0.29) is 10.8 Å². The van der Waals surface area contributed by atoms with E-state index in [4.69, 9.17) is 23.1 Å². The van der Waals surface area contributed by atoms with Crippen molar-refractivity contribution in [3.05, 3.63) is 34.1 Å². The van der Waals surface area contributed by atoms with Crippen molar-refractivity contribution in [3.63, 3.8) is 0 Å². The second kappa shape index (κ2) is 8.80. The Morgan fingerprint density at radius 2 is 2.14 bits per heavy atom. The topological polar surface area (TPSA) is 92.9 Å². The smallest absolute Gasteiger partial charge is 0.232 e. The molecule has 1 aromatic rings. The molecule has 2 aliphatic rings. The van der Waals surface area contributed by atoms with Crippen LogP contribution in [0.15, 0.2) is 38.0 Å². The van der Waals surface area contributed by atoms with Crippen molar-refractivity contribution < 1.29 is 4.39 Å². The van der Waals surface area contributed by atoms with E-state index in [9.17, 15) is 4.39 Å². The number of amidine groups is 1. The van der Waals surface area contributed by atoms with E-state index in [1.165, 1.54) is 19.0 Å². The Hall–Kier alpha value is -1.64. The third kappa shape index (κ3) is 4.34. The Morgan fingerprint density at radius 3 is 2.75 bits per heavy atom. The zero-order valence-corrected chi connectivity index (χ0v) is 17.6. The first-order chi connectivity index (χ1) is 13.4. The molecule has 0 aromatic carbocycles. The largest absolute Gasteiger partial charge is 0.381 e. The van der Waals surface area contributed by atoms with Crippen molar-refractivity contribution in [2.45, 2.75) is 50.0 Å². The summed E-state index contributed by atoms with van der Waals surface area (Å²) in [6, 6.07) is 1.91. The minimum atomic E-state index is -0.735. The van der Waals surface area contributed by atoms with Gasteiger partial charge in [-0.05, 0) is 50.8 Å². The number of aliphatic imine (C=N–C) groups is 2. The van der Waals surface area contributed by atoms with Gasteiger partial charge in [-0.1, -0.05) is 29.8 Å². The van der Waals surface area contributed by atoms with Crippen molar-refractivity contribution in [1.29, 1.82) is 0 Å². The van der Waals surface area contributed by atoms with Gasteiger partial charge in [0.2, 0.25) is 5.95 Å². The maximum atomic E-state index is 13.5. The predicted octanol–water partition coefficient (Wildman–Crippen LogP) is 3.76. The predicted molar refractivity (Wildman–Crippen MR) is 114 cm³/mol. The van der Waals surface area contributed by atoms with Crippen LogP contribution in [0, 0.1) is 11.4 Å². The average molecular weight is 425 g/mol. The van der Waals surface area contributed by atoms with Crippen LogP contribution in [-0.4, -0.2) is 41.6 Å². The van der Waals surface area contributed by atoms with Crippen LogP contribution in [0.2, 0.25) is 5.02 Å². The number of thioether (sulfide) groups is 1. The number of hydrogen-bond acceptors (Lipinski definition) is 6. The number of piperidine rings is 1. The number of nitrogens with two attached hydrogens (primary N) is 2. The van der Waals surface area contributed by atoms with Gasteiger partial charge in [-0.25, -0.2) is 9.98 Å². The van der Waals surface area contributed by atoms with Crippen molar-refractivity contribution in [2.75, 3.05) is 13.1 Å². The molecule has 1 atom stereocenters. The fraction of sp³-hybridized carbons (Fsp3) is 0.526. The first-order valence-electron chi connectivity index (χ1n) is 9.36. The number of rotatable bonds is 4. The van der Waals surface area contributed by atoms with Gasteiger partial charge in [0.15, 0.2) is 5.82 Å². The highest BCUT2D eigenvalue weighted by atomic mass is 35.5. The van der Waals surface area contributed by atoms with Crippen LogP contribution in [0.4, 0.5) is 4.39 Å². The molecule has 0 unspecified atom stereocenters. The van der Waals surface area contributed by atoms with Crippen LogP contribution < -0.4 is 11.5 Å². The number of hydrogen-bond donors (Lipinski definition) is 2. The normalized spacial score (nSPS) is 23.1. The van der Waals surface area contributed by atoms with Crippen molar-refractivity contribution in [2.24, 2.45) is 26.9 Å². The molecule has 152 valence electrons. The van der Waals surface area contributed by atoms with E-state index >= 15 is 0 Å². The van der Waals surface area contributed by atoms with Gasteiger partial charge in [0.05, 0.1) is 0 Å². The van der Waals surface area contributed by atoms with E-state index in [2.05, 4.69) is 26.6 Å². The van der Waals surface area contributed by atoms with Gasteiger partial charge in [-0.3, -0.25) is 4.99 Å². The second-order valence-corrected chi connectivity index (χ2v) is 8.78. The lowest BCUT2D eigenvalue weighted by atomic mass is 9.74. The summed E-state index contributed by atoms with van der Waals surface area (Å²) in [5.74, 6) is 0.317. The molecule has 1 aliphatic carbocycles. The Labute approximate surface area is 174 Å². The SMILES string of the molecule is C=N/C(Sc1ccnc(F)c1Cl)=C(N)\N=C(/C)N1CCC2(CCC[C@H]2N)CC1. The summed E-state index contributed by atoms with van der Waals surface area (Å²) >= 11 is 7.07. The molecule has 0 bridgehead atoms. The van der Waals surface area contributed by atoms with Gasteiger partial charge < -0.3 is 16.4 Å². The lowest BCUT2D eigenvalue weighted by molar-refractivity contribution is 0.134. The summed E-state index contributed by atoms with van der Waals surface area (Å²) in [6.45, 7) is 7.32. The average Bonchev–Trinajstić information content (AvgIpc) is 3.03. The summed E-state index contributed by atoms with van der Waals surface area (Å²) in [6.07, 6.45) is 7.09. The number of aromatic nitrogens is 1. The van der Waals surface area contributed by atoms with Crippen LogP contribution >= 0.6 is 23.4 Å². The van der Waals surface area contributed by atoms with Gasteiger partial charge in [0.1, 0.15) is 15.9 Å². The molecule has 0 radical (unpaired) electrons. The number of halogens is 2. The highest BCUT2D eigenvalue weighted by Gasteiger charge is 2.42. The molecular formula is C19H26ClFN6S. The van der Waals surface area contributed by atoms with E-state index in [0.717, 1.165) is 49.9 Å². The van der Waals surface area contributed by atoms with E-state index in [1.54, 1.807) is 6.07 Å². The molecule has 1 saturated carbocycles. The first-order valence-corrected chi connectivity index (χ1v) is 10.6. The zero-order valence-electron chi connectivity index (χ0n) is 16.0. The van der Waals surface area contributed by atoms with Crippen molar-refractivity contribution in [3.8, 4) is 0 Å². The van der Waals surface area contributed by atoms with Crippen LogP contribution in [0.5, 0.6) is 0 Å². The summed E-state index contributed by atoms with van der Waals surface area (Å²) < 4.78 is 13.5. The molecule has 1 aromatic heterocycles. The molecular weight excluding hydrogens is 399 g/mol. The second-order valence-electron chi connectivity index (χ2n) is 7.37. The number of pyridine rings is 1. The molecule has 0 amide bonds. The van der Waals surface area contributed by atoms with E-state index in [1.807, 2.05) is 6.92 Å².